The largest absolute Gasteiger partial charge is 0.388 e. The standard InChI is InChI=1S/C14H17NO2S2/c1-11-9-19-14(17)15(11)7-8-18-10-13(16)12-5-3-2-4-6-12/h2-6,9,13,16H,7-8,10H2,1H3. The molecule has 0 aliphatic carbocycles. The first-order valence-corrected chi connectivity index (χ1v) is 8.17. The summed E-state index contributed by atoms with van der Waals surface area (Å²) in [4.78, 5) is 11.6. The number of hydrogen-bond acceptors (Lipinski definition) is 4. The molecule has 1 unspecified atom stereocenters. The van der Waals surface area contributed by atoms with Gasteiger partial charge < -0.3 is 9.67 Å². The third-order valence-corrected chi connectivity index (χ3v) is 4.80. The number of rotatable bonds is 6. The molecule has 0 bridgehead atoms. The van der Waals surface area contributed by atoms with Crippen molar-refractivity contribution in [3.63, 3.8) is 0 Å². The molecule has 1 aromatic heterocycles. The van der Waals surface area contributed by atoms with E-state index in [0.29, 0.717) is 12.3 Å². The predicted octanol–water partition coefficient (Wildman–Crippen LogP) is 2.69. The van der Waals surface area contributed by atoms with E-state index in [1.165, 1.54) is 11.3 Å². The molecule has 0 aliphatic heterocycles. The van der Waals surface area contributed by atoms with Crippen LogP contribution in [0.2, 0.25) is 0 Å². The lowest BCUT2D eigenvalue weighted by atomic mass is 10.1. The number of aliphatic hydroxyl groups excluding tert-OH is 1. The number of benzene rings is 1. The van der Waals surface area contributed by atoms with Crippen molar-refractivity contribution in [1.29, 1.82) is 0 Å². The SMILES string of the molecule is Cc1csc(=O)n1CCSCC(O)c1ccccc1. The molecule has 0 fully saturated rings. The zero-order valence-corrected chi connectivity index (χ0v) is 12.4. The average molecular weight is 295 g/mol. The summed E-state index contributed by atoms with van der Waals surface area (Å²) < 4.78 is 1.78. The molecule has 0 aliphatic rings. The topological polar surface area (TPSA) is 42.2 Å². The first kappa shape index (κ1) is 14.4. The Morgan fingerprint density at radius 2 is 2.11 bits per heavy atom. The third kappa shape index (κ3) is 3.96. The second-order valence-corrected chi connectivity index (χ2v) is 6.27. The Morgan fingerprint density at radius 3 is 2.74 bits per heavy atom. The number of aliphatic hydroxyl groups is 1. The molecule has 102 valence electrons. The van der Waals surface area contributed by atoms with Gasteiger partial charge in [0.25, 0.3) is 0 Å². The molecule has 0 saturated carbocycles. The van der Waals surface area contributed by atoms with Crippen LogP contribution in [0.5, 0.6) is 0 Å². The molecule has 0 spiro atoms. The molecule has 1 atom stereocenters. The number of hydrogen-bond donors (Lipinski definition) is 1. The van der Waals surface area contributed by atoms with E-state index >= 15 is 0 Å². The van der Waals surface area contributed by atoms with E-state index in [1.807, 2.05) is 42.6 Å². The van der Waals surface area contributed by atoms with Crippen LogP contribution in [0.1, 0.15) is 17.4 Å². The van der Waals surface area contributed by atoms with Gasteiger partial charge in [-0.15, -0.1) is 0 Å². The van der Waals surface area contributed by atoms with Gasteiger partial charge in [-0.25, -0.2) is 0 Å². The molecular weight excluding hydrogens is 278 g/mol. The summed E-state index contributed by atoms with van der Waals surface area (Å²) in [6.07, 6.45) is -0.438. The number of nitrogens with zero attached hydrogens (tertiary/aromatic N) is 1. The van der Waals surface area contributed by atoms with Crippen molar-refractivity contribution in [3.05, 3.63) is 56.6 Å². The summed E-state index contributed by atoms with van der Waals surface area (Å²) >= 11 is 2.91. The van der Waals surface area contributed by atoms with Gasteiger partial charge in [0.2, 0.25) is 0 Å². The molecule has 0 saturated heterocycles. The van der Waals surface area contributed by atoms with Crippen LogP contribution in [0, 0.1) is 6.92 Å². The second kappa shape index (κ2) is 6.93. The minimum atomic E-state index is -0.438. The zero-order valence-electron chi connectivity index (χ0n) is 10.8. The molecule has 5 heteroatoms. The molecule has 1 N–H and O–H groups in total. The fourth-order valence-electron chi connectivity index (χ4n) is 1.80. The van der Waals surface area contributed by atoms with E-state index in [9.17, 15) is 9.90 Å². The van der Waals surface area contributed by atoms with Crippen LogP contribution in [0.15, 0.2) is 40.5 Å². The van der Waals surface area contributed by atoms with Crippen LogP contribution in [0.4, 0.5) is 0 Å². The summed E-state index contributed by atoms with van der Waals surface area (Å²) in [5.74, 6) is 1.49. The highest BCUT2D eigenvalue weighted by molar-refractivity contribution is 7.99. The normalized spacial score (nSPS) is 12.5. The molecule has 1 aromatic carbocycles. The van der Waals surface area contributed by atoms with Crippen LogP contribution >= 0.6 is 23.1 Å². The van der Waals surface area contributed by atoms with E-state index in [-0.39, 0.29) is 4.87 Å². The summed E-state index contributed by atoms with van der Waals surface area (Å²) in [6.45, 7) is 2.65. The fourth-order valence-corrected chi connectivity index (χ4v) is 3.45. The van der Waals surface area contributed by atoms with Crippen molar-refractivity contribution in [2.45, 2.75) is 19.6 Å². The smallest absolute Gasteiger partial charge is 0.307 e. The van der Waals surface area contributed by atoms with Crippen molar-refractivity contribution < 1.29 is 5.11 Å². The fraction of sp³-hybridized carbons (Fsp3) is 0.357. The van der Waals surface area contributed by atoms with E-state index < -0.39 is 6.10 Å². The maximum absolute atomic E-state index is 11.5. The maximum atomic E-state index is 11.5. The summed E-state index contributed by atoms with van der Waals surface area (Å²) in [6, 6.07) is 9.65. The van der Waals surface area contributed by atoms with Crippen LogP contribution < -0.4 is 4.87 Å². The molecular formula is C14H17NO2S2. The lowest BCUT2D eigenvalue weighted by Gasteiger charge is -2.10. The van der Waals surface area contributed by atoms with Gasteiger partial charge in [0.15, 0.2) is 0 Å². The molecule has 19 heavy (non-hydrogen) atoms. The maximum Gasteiger partial charge on any atom is 0.307 e. The van der Waals surface area contributed by atoms with Crippen LogP contribution in [-0.4, -0.2) is 21.2 Å². The number of thioether (sulfide) groups is 1. The minimum Gasteiger partial charge on any atom is -0.388 e. The van der Waals surface area contributed by atoms with Crippen molar-refractivity contribution in [3.8, 4) is 0 Å². The van der Waals surface area contributed by atoms with Crippen molar-refractivity contribution in [2.75, 3.05) is 11.5 Å². The molecule has 2 aromatic rings. The average Bonchev–Trinajstić information content (AvgIpc) is 2.75. The highest BCUT2D eigenvalue weighted by Gasteiger charge is 2.07. The van der Waals surface area contributed by atoms with Gasteiger partial charge in [-0.3, -0.25) is 4.79 Å². The van der Waals surface area contributed by atoms with Crippen molar-refractivity contribution in [1.82, 2.24) is 4.57 Å². The van der Waals surface area contributed by atoms with Gasteiger partial charge in [0.1, 0.15) is 0 Å². The third-order valence-electron chi connectivity index (χ3n) is 2.90. The number of thiazole rings is 1. The monoisotopic (exact) mass is 295 g/mol. The lowest BCUT2D eigenvalue weighted by Crippen LogP contribution is -2.16. The van der Waals surface area contributed by atoms with E-state index in [1.54, 1.807) is 16.3 Å². The summed E-state index contributed by atoms with van der Waals surface area (Å²) in [5.41, 5.74) is 1.96. The number of aromatic nitrogens is 1. The number of aryl methyl sites for hydroxylation is 1. The van der Waals surface area contributed by atoms with Gasteiger partial charge in [0.05, 0.1) is 6.10 Å². The van der Waals surface area contributed by atoms with Crippen LogP contribution in [0.3, 0.4) is 0 Å². The quantitative estimate of drug-likeness (QED) is 0.833. The Balaban J connectivity index is 1.77. The van der Waals surface area contributed by atoms with Gasteiger partial charge >= 0.3 is 4.87 Å². The van der Waals surface area contributed by atoms with Gasteiger partial charge in [-0.1, -0.05) is 41.7 Å². The summed E-state index contributed by atoms with van der Waals surface area (Å²) in [5, 5.41) is 11.9. The predicted molar refractivity (Wildman–Crippen MR) is 82.0 cm³/mol. The first-order chi connectivity index (χ1) is 9.18. The highest BCUT2D eigenvalue weighted by atomic mass is 32.2. The molecule has 2 rings (SSSR count). The molecule has 0 radical (unpaired) electrons. The molecule has 0 amide bonds. The van der Waals surface area contributed by atoms with Gasteiger partial charge in [-0.05, 0) is 12.5 Å². The Bertz CT molecular complexity index is 562. The molecule has 3 nitrogen and oxygen atoms in total. The van der Waals surface area contributed by atoms with Gasteiger partial charge in [-0.2, -0.15) is 11.8 Å². The van der Waals surface area contributed by atoms with E-state index in [0.717, 1.165) is 17.0 Å². The molecule has 1 heterocycles. The van der Waals surface area contributed by atoms with Crippen molar-refractivity contribution in [2.24, 2.45) is 0 Å². The van der Waals surface area contributed by atoms with Crippen LogP contribution in [0.25, 0.3) is 0 Å². The Kier molecular flexibility index (Phi) is 5.24. The Morgan fingerprint density at radius 1 is 1.37 bits per heavy atom. The van der Waals surface area contributed by atoms with Crippen molar-refractivity contribution >= 4 is 23.1 Å². The zero-order chi connectivity index (χ0) is 13.7. The lowest BCUT2D eigenvalue weighted by molar-refractivity contribution is 0.204. The summed E-state index contributed by atoms with van der Waals surface area (Å²) in [7, 11) is 0. The Labute approximate surface area is 120 Å². The highest BCUT2D eigenvalue weighted by Crippen LogP contribution is 2.18. The van der Waals surface area contributed by atoms with Crippen LogP contribution in [-0.2, 0) is 6.54 Å². The van der Waals surface area contributed by atoms with Gasteiger partial charge in [0, 0.05) is 29.1 Å². The minimum absolute atomic E-state index is 0.0988. The first-order valence-electron chi connectivity index (χ1n) is 6.14. The van der Waals surface area contributed by atoms with E-state index in [2.05, 4.69) is 0 Å². The second-order valence-electron chi connectivity index (χ2n) is 4.30. The van der Waals surface area contributed by atoms with E-state index in [4.69, 9.17) is 0 Å². The Hall–Kier alpha value is -1.04.